The molecule has 9 heteroatoms. The molecule has 2 N–H and O–H groups in total. The Kier molecular flexibility index (Phi) is 5.84. The van der Waals surface area contributed by atoms with E-state index in [2.05, 4.69) is 5.32 Å². The van der Waals surface area contributed by atoms with Gasteiger partial charge in [0.15, 0.2) is 0 Å². The van der Waals surface area contributed by atoms with Crippen LogP contribution < -0.4 is 5.32 Å². The van der Waals surface area contributed by atoms with Crippen LogP contribution in [0.2, 0.25) is 0 Å². The van der Waals surface area contributed by atoms with Crippen molar-refractivity contribution in [2.24, 2.45) is 0 Å². The Morgan fingerprint density at radius 2 is 1.76 bits per heavy atom. The molecule has 1 fully saturated rings. The van der Waals surface area contributed by atoms with Gasteiger partial charge in [0.1, 0.15) is 5.60 Å². The van der Waals surface area contributed by atoms with Crippen LogP contribution in [0.3, 0.4) is 0 Å². The van der Waals surface area contributed by atoms with E-state index >= 15 is 0 Å². The number of amides is 2. The quantitative estimate of drug-likeness (QED) is 0.710. The van der Waals surface area contributed by atoms with Gasteiger partial charge in [-0.1, -0.05) is 12.1 Å². The van der Waals surface area contributed by atoms with Crippen LogP contribution in [0.4, 0.5) is 22.8 Å². The molecule has 0 spiro atoms. The lowest BCUT2D eigenvalue weighted by atomic mass is 9.97. The molecule has 1 aliphatic rings. The number of nitrogens with one attached hydrogen (secondary N) is 1. The van der Waals surface area contributed by atoms with Gasteiger partial charge in [0, 0.05) is 6.54 Å². The summed E-state index contributed by atoms with van der Waals surface area (Å²) in [5.41, 5.74) is -3.29. The fourth-order valence-electron chi connectivity index (χ4n) is 3.23. The van der Waals surface area contributed by atoms with Crippen LogP contribution in [0.25, 0.3) is 0 Å². The maximum absolute atomic E-state index is 13.1. The molecule has 2 amide bonds. The summed E-state index contributed by atoms with van der Waals surface area (Å²) in [5.74, 6) is 0. The van der Waals surface area contributed by atoms with E-state index in [4.69, 9.17) is 4.74 Å². The summed E-state index contributed by atoms with van der Waals surface area (Å²) in [6.45, 7) is 8.27. The van der Waals surface area contributed by atoms with E-state index in [-0.39, 0.29) is 6.54 Å². The third-order valence-corrected chi connectivity index (χ3v) is 4.59. The van der Waals surface area contributed by atoms with Gasteiger partial charge in [-0.3, -0.25) is 4.90 Å². The number of alkyl carbamates (subject to hydrolysis) is 1. The SMILES string of the molecule is CC(C)(CN(C(=O)O)C1(c2cccc(C(F)(F)F)c2)CC1)NC(=O)OC(C)(C)C. The summed E-state index contributed by atoms with van der Waals surface area (Å²) in [6, 6.07) is 4.74. The predicted molar refractivity (Wildman–Crippen MR) is 101 cm³/mol. The number of carbonyl (C=O) groups is 2. The minimum atomic E-state index is -4.52. The molecule has 0 bridgehead atoms. The highest BCUT2D eigenvalue weighted by Gasteiger charge is 2.53. The van der Waals surface area contributed by atoms with E-state index in [9.17, 15) is 27.9 Å². The van der Waals surface area contributed by atoms with Crippen molar-refractivity contribution < 1.29 is 32.6 Å². The van der Waals surface area contributed by atoms with Crippen LogP contribution >= 0.6 is 0 Å². The molecule has 1 aliphatic carbocycles. The minimum absolute atomic E-state index is 0.113. The Morgan fingerprint density at radius 3 is 2.21 bits per heavy atom. The second kappa shape index (κ2) is 7.42. The molecule has 0 radical (unpaired) electrons. The molecule has 0 aromatic heterocycles. The average Bonchev–Trinajstić information content (AvgIpc) is 3.31. The van der Waals surface area contributed by atoms with Crippen LogP contribution in [-0.4, -0.2) is 39.9 Å². The third-order valence-electron chi connectivity index (χ3n) is 4.59. The zero-order valence-electron chi connectivity index (χ0n) is 17.2. The van der Waals surface area contributed by atoms with Crippen molar-refractivity contribution in [3.05, 3.63) is 35.4 Å². The van der Waals surface area contributed by atoms with E-state index in [0.29, 0.717) is 18.4 Å². The zero-order valence-corrected chi connectivity index (χ0v) is 17.2. The van der Waals surface area contributed by atoms with E-state index in [1.807, 2.05) is 0 Å². The number of carbonyl (C=O) groups excluding carboxylic acids is 1. The molecule has 1 saturated carbocycles. The lowest BCUT2D eigenvalue weighted by Crippen LogP contribution is -2.56. The number of nitrogens with zero attached hydrogens (tertiary/aromatic N) is 1. The number of alkyl halides is 3. The normalized spacial score (nSPS) is 16.1. The van der Waals surface area contributed by atoms with Crippen LogP contribution in [0.15, 0.2) is 24.3 Å². The molecule has 1 aromatic rings. The van der Waals surface area contributed by atoms with Crippen molar-refractivity contribution in [1.29, 1.82) is 0 Å². The molecule has 2 rings (SSSR count). The fraction of sp³-hybridized carbons (Fsp3) is 0.600. The molecule has 6 nitrogen and oxygen atoms in total. The molecule has 0 saturated heterocycles. The van der Waals surface area contributed by atoms with Crippen molar-refractivity contribution in [2.75, 3.05) is 6.54 Å². The van der Waals surface area contributed by atoms with Crippen molar-refractivity contribution in [3.63, 3.8) is 0 Å². The van der Waals surface area contributed by atoms with Crippen LogP contribution in [0.1, 0.15) is 58.6 Å². The second-order valence-corrected chi connectivity index (χ2v) is 8.99. The van der Waals surface area contributed by atoms with E-state index < -0.39 is 40.6 Å². The summed E-state index contributed by atoms with van der Waals surface area (Å²) >= 11 is 0. The zero-order chi connectivity index (χ0) is 22.3. The van der Waals surface area contributed by atoms with E-state index in [1.54, 1.807) is 34.6 Å². The number of hydrogen-bond donors (Lipinski definition) is 2. The van der Waals surface area contributed by atoms with Gasteiger partial charge >= 0.3 is 18.4 Å². The summed E-state index contributed by atoms with van der Waals surface area (Å²) in [6.07, 6.45) is -5.67. The first kappa shape index (κ1) is 22.8. The largest absolute Gasteiger partial charge is 0.465 e. The Hall–Kier alpha value is -2.45. The number of benzene rings is 1. The number of rotatable bonds is 5. The standard InChI is InChI=1S/C20H27F3N2O4/c1-17(2,3)29-15(26)24-18(4,5)12-25(16(27)28)19(9-10-19)13-7-6-8-14(11-13)20(21,22)23/h6-8,11H,9-10,12H2,1-5H3,(H,24,26)(H,27,28). The van der Waals surface area contributed by atoms with Crippen LogP contribution in [0.5, 0.6) is 0 Å². The van der Waals surface area contributed by atoms with Crippen molar-refractivity contribution in [2.45, 2.75) is 70.3 Å². The van der Waals surface area contributed by atoms with Crippen LogP contribution in [-0.2, 0) is 16.5 Å². The molecule has 0 unspecified atom stereocenters. The topological polar surface area (TPSA) is 78.9 Å². The Bertz CT molecular complexity index is 781. The highest BCUT2D eigenvalue weighted by Crippen LogP contribution is 2.52. The number of ether oxygens (including phenoxy) is 1. The number of hydrogen-bond acceptors (Lipinski definition) is 3. The van der Waals surface area contributed by atoms with Gasteiger partial charge in [-0.05, 0) is 65.2 Å². The van der Waals surface area contributed by atoms with Crippen molar-refractivity contribution >= 4 is 12.2 Å². The fourth-order valence-corrected chi connectivity index (χ4v) is 3.23. The molecule has 0 aliphatic heterocycles. The lowest BCUT2D eigenvalue weighted by Gasteiger charge is -2.37. The summed E-state index contributed by atoms with van der Waals surface area (Å²) in [7, 11) is 0. The maximum Gasteiger partial charge on any atom is 0.416 e. The maximum atomic E-state index is 13.1. The first-order chi connectivity index (χ1) is 13.1. The molecule has 0 atom stereocenters. The lowest BCUT2D eigenvalue weighted by molar-refractivity contribution is -0.137. The number of halogens is 3. The van der Waals surface area contributed by atoms with Gasteiger partial charge in [0.2, 0.25) is 0 Å². The molecule has 0 heterocycles. The Labute approximate surface area is 168 Å². The monoisotopic (exact) mass is 416 g/mol. The molecule has 29 heavy (non-hydrogen) atoms. The van der Waals surface area contributed by atoms with Gasteiger partial charge in [-0.25, -0.2) is 9.59 Å². The van der Waals surface area contributed by atoms with Gasteiger partial charge in [0.25, 0.3) is 0 Å². The average molecular weight is 416 g/mol. The molecule has 162 valence electrons. The molecular formula is C20H27F3N2O4. The highest BCUT2D eigenvalue weighted by atomic mass is 19.4. The number of carboxylic acid groups (broad SMARTS) is 1. The van der Waals surface area contributed by atoms with Crippen molar-refractivity contribution in [1.82, 2.24) is 10.2 Å². The Morgan fingerprint density at radius 1 is 1.17 bits per heavy atom. The van der Waals surface area contributed by atoms with Crippen LogP contribution in [0, 0.1) is 0 Å². The van der Waals surface area contributed by atoms with Crippen molar-refractivity contribution in [3.8, 4) is 0 Å². The van der Waals surface area contributed by atoms with Gasteiger partial charge in [0.05, 0.1) is 16.6 Å². The first-order valence-electron chi connectivity index (χ1n) is 9.25. The van der Waals surface area contributed by atoms with Gasteiger partial charge in [-0.2, -0.15) is 13.2 Å². The molecule has 1 aromatic carbocycles. The minimum Gasteiger partial charge on any atom is -0.465 e. The van der Waals surface area contributed by atoms with E-state index in [0.717, 1.165) is 17.0 Å². The summed E-state index contributed by atoms with van der Waals surface area (Å²) < 4.78 is 44.5. The molecular weight excluding hydrogens is 389 g/mol. The second-order valence-electron chi connectivity index (χ2n) is 8.99. The van der Waals surface area contributed by atoms with Gasteiger partial charge in [-0.15, -0.1) is 0 Å². The first-order valence-corrected chi connectivity index (χ1v) is 9.25. The third kappa shape index (κ3) is 5.77. The summed E-state index contributed by atoms with van der Waals surface area (Å²) in [5, 5.41) is 12.4. The highest BCUT2D eigenvalue weighted by molar-refractivity contribution is 5.70. The smallest absolute Gasteiger partial charge is 0.416 e. The van der Waals surface area contributed by atoms with Gasteiger partial charge < -0.3 is 15.2 Å². The Balaban J connectivity index is 2.25. The van der Waals surface area contributed by atoms with E-state index in [1.165, 1.54) is 12.1 Å². The predicted octanol–water partition coefficient (Wildman–Crippen LogP) is 4.98. The summed E-state index contributed by atoms with van der Waals surface area (Å²) in [4.78, 5) is 25.2.